The minimum Gasteiger partial charge on any atom is -0.480 e. The molecular formula is C2H4HfO3. The predicted molar refractivity (Wildman–Crippen MR) is 14.7 cm³/mol. The summed E-state index contributed by atoms with van der Waals surface area (Å²) in [5.74, 6) is -1.19. The number of carbonyl (C=O) groups is 1. The molecule has 0 rings (SSSR count). The van der Waals surface area contributed by atoms with Crippen molar-refractivity contribution in [1.29, 1.82) is 0 Å². The summed E-state index contributed by atoms with van der Waals surface area (Å²) in [5, 5.41) is 15.0. The van der Waals surface area contributed by atoms with Crippen LogP contribution < -0.4 is 0 Å². The molecule has 2 N–H and O–H groups in total. The van der Waals surface area contributed by atoms with Gasteiger partial charge >= 0.3 is 5.97 Å². The van der Waals surface area contributed by atoms with Crippen molar-refractivity contribution >= 4 is 5.97 Å². The average Bonchev–Trinajstić information content (AvgIpc) is 1.38. The third-order valence-corrected chi connectivity index (χ3v) is 0.135. The number of carboxylic acid groups (broad SMARTS) is 1. The van der Waals surface area contributed by atoms with E-state index in [-0.39, 0.29) is 25.8 Å². The van der Waals surface area contributed by atoms with Crippen molar-refractivity contribution in [1.82, 2.24) is 0 Å². The third-order valence-electron chi connectivity index (χ3n) is 0.135. The van der Waals surface area contributed by atoms with Gasteiger partial charge in [-0.25, -0.2) is 4.79 Å². The Labute approximate surface area is 53.8 Å². The van der Waals surface area contributed by atoms with Crippen LogP contribution in [0.5, 0.6) is 0 Å². The molecule has 0 atom stereocenters. The van der Waals surface area contributed by atoms with Gasteiger partial charge in [-0.15, -0.1) is 0 Å². The topological polar surface area (TPSA) is 57.5 Å². The summed E-state index contributed by atoms with van der Waals surface area (Å²) in [5.41, 5.74) is 0. The first-order valence-corrected chi connectivity index (χ1v) is 1.10. The fourth-order valence-corrected chi connectivity index (χ4v) is 0. The van der Waals surface area contributed by atoms with Crippen LogP contribution in [0, 0.1) is 0 Å². The molecule has 0 aliphatic carbocycles. The molecule has 0 fully saturated rings. The van der Waals surface area contributed by atoms with Gasteiger partial charge in [-0.05, 0) is 0 Å². The molecule has 0 saturated heterocycles. The zero-order chi connectivity index (χ0) is 4.28. The van der Waals surface area contributed by atoms with E-state index in [0.717, 1.165) is 0 Å². The van der Waals surface area contributed by atoms with Crippen LogP contribution in [0.3, 0.4) is 0 Å². The number of hydrogen-bond acceptors (Lipinski definition) is 2. The molecule has 0 spiro atoms. The summed E-state index contributed by atoms with van der Waals surface area (Å²) >= 11 is 0. The zero-order valence-electron chi connectivity index (χ0n) is 3.01. The molecule has 3 nitrogen and oxygen atoms in total. The largest absolute Gasteiger partial charge is 0.480 e. The Morgan fingerprint density at radius 2 is 1.83 bits per heavy atom. The van der Waals surface area contributed by atoms with E-state index in [4.69, 9.17) is 15.0 Å². The molecule has 0 aromatic rings. The first-order chi connectivity index (χ1) is 2.27. The van der Waals surface area contributed by atoms with Crippen LogP contribution in [0.25, 0.3) is 0 Å². The molecule has 0 bridgehead atoms. The minimum absolute atomic E-state index is 0. The Bertz CT molecular complexity index is 44.1. The SMILES string of the molecule is O=C(O)CO.[Hf]. The maximum absolute atomic E-state index is 9.12. The van der Waals surface area contributed by atoms with E-state index in [9.17, 15) is 0 Å². The molecule has 34 valence electrons. The van der Waals surface area contributed by atoms with Gasteiger partial charge in [0.15, 0.2) is 0 Å². The Kier molecular flexibility index (Phi) is 8.45. The Morgan fingerprint density at radius 3 is 1.83 bits per heavy atom. The normalized spacial score (nSPS) is 6.17. The second-order valence-electron chi connectivity index (χ2n) is 0.552. The van der Waals surface area contributed by atoms with Gasteiger partial charge < -0.3 is 10.2 Å². The molecule has 0 unspecified atom stereocenters. The van der Waals surface area contributed by atoms with Crippen molar-refractivity contribution in [3.05, 3.63) is 0 Å². The van der Waals surface area contributed by atoms with E-state index in [1.54, 1.807) is 0 Å². The minimum atomic E-state index is -1.19. The van der Waals surface area contributed by atoms with Crippen LogP contribution in [0.2, 0.25) is 0 Å². The number of aliphatic hydroxyl groups is 1. The zero-order valence-corrected chi connectivity index (χ0v) is 6.60. The van der Waals surface area contributed by atoms with Crippen LogP contribution >= 0.6 is 0 Å². The molecule has 0 aliphatic rings. The van der Waals surface area contributed by atoms with E-state index >= 15 is 0 Å². The van der Waals surface area contributed by atoms with Gasteiger partial charge in [0.2, 0.25) is 0 Å². The van der Waals surface area contributed by atoms with Crippen molar-refractivity contribution in [2.24, 2.45) is 0 Å². The molecular weight excluding hydrogens is 251 g/mol. The van der Waals surface area contributed by atoms with Gasteiger partial charge in [0.05, 0.1) is 0 Å². The van der Waals surface area contributed by atoms with Gasteiger partial charge in [0.25, 0.3) is 0 Å². The summed E-state index contributed by atoms with van der Waals surface area (Å²) in [4.78, 5) is 9.12. The van der Waals surface area contributed by atoms with E-state index < -0.39 is 12.6 Å². The van der Waals surface area contributed by atoms with Gasteiger partial charge in [0.1, 0.15) is 6.61 Å². The summed E-state index contributed by atoms with van der Waals surface area (Å²) in [6.45, 7) is -0.778. The van der Waals surface area contributed by atoms with E-state index in [1.165, 1.54) is 0 Å². The van der Waals surface area contributed by atoms with Crippen LogP contribution in [-0.2, 0) is 30.6 Å². The summed E-state index contributed by atoms with van der Waals surface area (Å²) in [7, 11) is 0. The van der Waals surface area contributed by atoms with Gasteiger partial charge in [-0.2, -0.15) is 0 Å². The smallest absolute Gasteiger partial charge is 0.329 e. The van der Waals surface area contributed by atoms with Crippen LogP contribution in [0.1, 0.15) is 0 Å². The third kappa shape index (κ3) is 8.85. The van der Waals surface area contributed by atoms with Gasteiger partial charge in [-0.1, -0.05) is 0 Å². The van der Waals surface area contributed by atoms with Crippen molar-refractivity contribution in [3.63, 3.8) is 0 Å². The van der Waals surface area contributed by atoms with E-state index in [2.05, 4.69) is 0 Å². The standard InChI is InChI=1S/C2H4O3.Hf/c3-1-2(4)5;/h3H,1H2,(H,4,5);. The number of carboxylic acids is 1. The maximum Gasteiger partial charge on any atom is 0.329 e. The van der Waals surface area contributed by atoms with Crippen LogP contribution in [-0.4, -0.2) is 22.8 Å². The van der Waals surface area contributed by atoms with Gasteiger partial charge in [0, 0.05) is 25.8 Å². The van der Waals surface area contributed by atoms with E-state index in [1.807, 2.05) is 0 Å². The summed E-state index contributed by atoms with van der Waals surface area (Å²) in [6.07, 6.45) is 0. The Morgan fingerprint density at radius 1 is 1.67 bits per heavy atom. The predicted octanol–water partition coefficient (Wildman–Crippen LogP) is -0.939. The molecule has 0 radical (unpaired) electrons. The van der Waals surface area contributed by atoms with Crippen molar-refractivity contribution in [2.75, 3.05) is 6.61 Å². The molecule has 0 saturated carbocycles. The molecule has 0 amide bonds. The first kappa shape index (κ1) is 9.57. The Hall–Kier alpha value is 0.300. The van der Waals surface area contributed by atoms with E-state index in [0.29, 0.717) is 0 Å². The number of aliphatic carboxylic acids is 1. The molecule has 0 aromatic carbocycles. The summed E-state index contributed by atoms with van der Waals surface area (Å²) < 4.78 is 0. The molecule has 0 aromatic heterocycles. The fourth-order valence-electron chi connectivity index (χ4n) is 0. The van der Waals surface area contributed by atoms with Crippen molar-refractivity contribution < 1.29 is 40.9 Å². The second kappa shape index (κ2) is 5.30. The molecule has 6 heavy (non-hydrogen) atoms. The van der Waals surface area contributed by atoms with Crippen molar-refractivity contribution in [2.45, 2.75) is 0 Å². The number of hydrogen-bond donors (Lipinski definition) is 2. The molecule has 0 aliphatic heterocycles. The molecule has 0 heterocycles. The summed E-state index contributed by atoms with van der Waals surface area (Å²) in [6, 6.07) is 0. The fraction of sp³-hybridized carbons (Fsp3) is 0.500. The van der Waals surface area contributed by atoms with Crippen LogP contribution in [0.4, 0.5) is 0 Å². The van der Waals surface area contributed by atoms with Crippen LogP contribution in [0.15, 0.2) is 0 Å². The second-order valence-corrected chi connectivity index (χ2v) is 0.552. The van der Waals surface area contributed by atoms with Crippen molar-refractivity contribution in [3.8, 4) is 0 Å². The first-order valence-electron chi connectivity index (χ1n) is 1.10. The monoisotopic (exact) mass is 256 g/mol. The number of aliphatic hydroxyl groups excluding tert-OH is 1. The molecule has 4 heteroatoms. The quantitative estimate of drug-likeness (QED) is 0.594. The Balaban J connectivity index is 0. The average molecular weight is 255 g/mol. The maximum atomic E-state index is 9.12. The number of rotatable bonds is 1. The van der Waals surface area contributed by atoms with Gasteiger partial charge in [-0.3, -0.25) is 0 Å².